The number of aromatic amines is 1. The number of rotatable bonds is 7. The second-order valence-corrected chi connectivity index (χ2v) is 5.87. The van der Waals surface area contributed by atoms with Crippen LogP contribution in [0, 0.1) is 5.82 Å². The molecule has 0 spiro atoms. The Balaban J connectivity index is 1.69. The van der Waals surface area contributed by atoms with Gasteiger partial charge in [-0.15, -0.1) is 0 Å². The Morgan fingerprint density at radius 1 is 1.12 bits per heavy atom. The number of halogens is 1. The van der Waals surface area contributed by atoms with Crippen LogP contribution < -0.4 is 5.32 Å². The molecule has 128 valence electrons. The first-order valence-electron chi connectivity index (χ1n) is 8.27. The molecule has 0 saturated heterocycles. The molecule has 0 aliphatic carbocycles. The predicted molar refractivity (Wildman–Crippen MR) is 94.6 cm³/mol. The second kappa shape index (κ2) is 8.24. The first kappa shape index (κ1) is 16.9. The molecule has 0 aliphatic heterocycles. The smallest absolute Gasteiger partial charge is 0.220 e. The van der Waals surface area contributed by atoms with Crippen molar-refractivity contribution in [1.29, 1.82) is 0 Å². The fourth-order valence-corrected chi connectivity index (χ4v) is 2.87. The number of nitrogens with one attached hydrogen (secondary N) is 2. The highest BCUT2D eigenvalue weighted by molar-refractivity contribution is 5.77. The number of amides is 1. The third kappa shape index (κ3) is 4.53. The number of benzene rings is 2. The maximum absolute atomic E-state index is 14.3. The van der Waals surface area contributed by atoms with E-state index in [0.717, 1.165) is 11.3 Å². The van der Waals surface area contributed by atoms with Crippen LogP contribution in [0.3, 0.4) is 0 Å². The topological polar surface area (TPSA) is 57.8 Å². The van der Waals surface area contributed by atoms with Crippen LogP contribution in [0.4, 0.5) is 4.39 Å². The van der Waals surface area contributed by atoms with Crippen molar-refractivity contribution in [2.24, 2.45) is 0 Å². The summed E-state index contributed by atoms with van der Waals surface area (Å²) in [5, 5.41) is 2.90. The van der Waals surface area contributed by atoms with Crippen molar-refractivity contribution >= 4 is 5.91 Å². The Kier molecular flexibility index (Phi) is 5.57. The van der Waals surface area contributed by atoms with Gasteiger partial charge in [-0.1, -0.05) is 48.5 Å². The Morgan fingerprint density at radius 2 is 1.88 bits per heavy atom. The first-order valence-corrected chi connectivity index (χ1v) is 8.27. The molecule has 5 heteroatoms. The van der Waals surface area contributed by atoms with Gasteiger partial charge in [0.1, 0.15) is 5.82 Å². The van der Waals surface area contributed by atoms with Gasteiger partial charge < -0.3 is 10.3 Å². The fourth-order valence-electron chi connectivity index (χ4n) is 2.87. The van der Waals surface area contributed by atoms with Crippen molar-refractivity contribution in [3.05, 3.63) is 89.8 Å². The number of imidazole rings is 1. The van der Waals surface area contributed by atoms with Crippen LogP contribution in [0.1, 0.15) is 29.2 Å². The Labute approximate surface area is 146 Å². The predicted octanol–water partition coefficient (Wildman–Crippen LogP) is 3.43. The van der Waals surface area contributed by atoms with Crippen molar-refractivity contribution in [3.8, 4) is 0 Å². The van der Waals surface area contributed by atoms with Crippen LogP contribution in [0.25, 0.3) is 0 Å². The molecule has 0 fully saturated rings. The van der Waals surface area contributed by atoms with E-state index in [4.69, 9.17) is 0 Å². The van der Waals surface area contributed by atoms with Gasteiger partial charge in [0.25, 0.3) is 0 Å². The Morgan fingerprint density at radius 3 is 2.60 bits per heavy atom. The van der Waals surface area contributed by atoms with E-state index >= 15 is 0 Å². The molecule has 0 saturated carbocycles. The van der Waals surface area contributed by atoms with Gasteiger partial charge in [0.05, 0.1) is 6.33 Å². The van der Waals surface area contributed by atoms with Gasteiger partial charge in [0.2, 0.25) is 5.91 Å². The number of aromatic nitrogens is 2. The summed E-state index contributed by atoms with van der Waals surface area (Å²) in [6, 6.07) is 16.2. The molecule has 1 atom stereocenters. The summed E-state index contributed by atoms with van der Waals surface area (Å²) < 4.78 is 14.3. The van der Waals surface area contributed by atoms with E-state index in [-0.39, 0.29) is 24.1 Å². The molecule has 2 N–H and O–H groups in total. The molecule has 0 bridgehead atoms. The van der Waals surface area contributed by atoms with Crippen molar-refractivity contribution in [1.82, 2.24) is 15.3 Å². The number of hydrogen-bond acceptors (Lipinski definition) is 2. The third-order valence-corrected chi connectivity index (χ3v) is 4.14. The lowest BCUT2D eigenvalue weighted by Gasteiger charge is -2.18. The van der Waals surface area contributed by atoms with Crippen molar-refractivity contribution in [3.63, 3.8) is 0 Å². The van der Waals surface area contributed by atoms with Gasteiger partial charge in [-0.3, -0.25) is 4.79 Å². The molecule has 0 unspecified atom stereocenters. The summed E-state index contributed by atoms with van der Waals surface area (Å²) in [5.41, 5.74) is 2.43. The maximum atomic E-state index is 14.3. The summed E-state index contributed by atoms with van der Waals surface area (Å²) in [7, 11) is 0. The van der Waals surface area contributed by atoms with Crippen LogP contribution in [0.5, 0.6) is 0 Å². The van der Waals surface area contributed by atoms with Gasteiger partial charge in [0.15, 0.2) is 0 Å². The normalized spacial score (nSPS) is 11.9. The highest BCUT2D eigenvalue weighted by atomic mass is 19.1. The lowest BCUT2D eigenvalue weighted by atomic mass is 9.88. The second-order valence-electron chi connectivity index (χ2n) is 5.87. The highest BCUT2D eigenvalue weighted by Gasteiger charge is 2.20. The van der Waals surface area contributed by atoms with E-state index in [2.05, 4.69) is 15.3 Å². The molecule has 0 radical (unpaired) electrons. The van der Waals surface area contributed by atoms with Gasteiger partial charge in [-0.2, -0.15) is 0 Å². The molecule has 3 rings (SSSR count). The zero-order valence-corrected chi connectivity index (χ0v) is 13.8. The van der Waals surface area contributed by atoms with Crippen LogP contribution in [0.15, 0.2) is 67.1 Å². The zero-order valence-electron chi connectivity index (χ0n) is 13.8. The minimum atomic E-state index is -0.311. The third-order valence-electron chi connectivity index (χ3n) is 4.14. The largest absolute Gasteiger partial charge is 0.356 e. The molecular weight excluding hydrogens is 317 g/mol. The number of hydrogen-bond donors (Lipinski definition) is 2. The minimum Gasteiger partial charge on any atom is -0.356 e. The van der Waals surface area contributed by atoms with E-state index in [1.807, 2.05) is 30.3 Å². The molecule has 4 nitrogen and oxygen atoms in total. The van der Waals surface area contributed by atoms with Gasteiger partial charge in [-0.25, -0.2) is 9.37 Å². The first-order chi connectivity index (χ1) is 12.2. The summed E-state index contributed by atoms with van der Waals surface area (Å²) in [6.07, 6.45) is 4.23. The monoisotopic (exact) mass is 337 g/mol. The van der Waals surface area contributed by atoms with E-state index in [1.165, 1.54) is 6.07 Å². The lowest BCUT2D eigenvalue weighted by molar-refractivity contribution is -0.121. The van der Waals surface area contributed by atoms with Crippen LogP contribution >= 0.6 is 0 Å². The molecular formula is C20H20FN3O. The molecule has 1 amide bonds. The molecule has 0 aliphatic rings. The molecule has 3 aromatic rings. The average Bonchev–Trinajstić information content (AvgIpc) is 3.15. The van der Waals surface area contributed by atoms with Crippen molar-refractivity contribution in [2.45, 2.75) is 18.8 Å². The van der Waals surface area contributed by atoms with Gasteiger partial charge in [0, 0.05) is 37.2 Å². The van der Waals surface area contributed by atoms with Crippen molar-refractivity contribution in [2.75, 3.05) is 6.54 Å². The molecule has 2 aromatic carbocycles. The fraction of sp³-hybridized carbons (Fsp3) is 0.200. The summed E-state index contributed by atoms with van der Waals surface area (Å²) in [5.74, 6) is -0.701. The standard InChI is InChI=1S/C20H20FN3O/c21-19-9-5-4-8-17(19)18(15-6-2-1-3-7-15)12-20(25)23-11-10-16-13-22-14-24-16/h1-9,13-14,18H,10-12H2,(H,22,24)(H,23,25)/t18-/m1/s1. The molecule has 1 aromatic heterocycles. The highest BCUT2D eigenvalue weighted by Crippen LogP contribution is 2.29. The number of H-pyrrole nitrogens is 1. The summed E-state index contributed by atoms with van der Waals surface area (Å²) in [6.45, 7) is 0.514. The minimum absolute atomic E-state index is 0.100. The van der Waals surface area contributed by atoms with Crippen LogP contribution in [0.2, 0.25) is 0 Å². The van der Waals surface area contributed by atoms with E-state index < -0.39 is 0 Å². The lowest BCUT2D eigenvalue weighted by Crippen LogP contribution is -2.27. The number of carbonyl (C=O) groups excluding carboxylic acids is 1. The SMILES string of the molecule is O=C(C[C@H](c1ccccc1)c1ccccc1F)NCCc1cnc[nH]1. The molecule has 1 heterocycles. The zero-order chi connectivity index (χ0) is 17.5. The van der Waals surface area contributed by atoms with E-state index in [0.29, 0.717) is 18.5 Å². The Hall–Kier alpha value is -2.95. The maximum Gasteiger partial charge on any atom is 0.220 e. The average molecular weight is 337 g/mol. The summed E-state index contributed by atoms with van der Waals surface area (Å²) >= 11 is 0. The Bertz CT molecular complexity index is 803. The van der Waals surface area contributed by atoms with Gasteiger partial charge in [-0.05, 0) is 17.2 Å². The van der Waals surface area contributed by atoms with Gasteiger partial charge >= 0.3 is 0 Å². The number of carbonyl (C=O) groups is 1. The van der Waals surface area contributed by atoms with Crippen molar-refractivity contribution < 1.29 is 9.18 Å². The van der Waals surface area contributed by atoms with Crippen LogP contribution in [-0.4, -0.2) is 22.4 Å². The summed E-state index contributed by atoms with van der Waals surface area (Å²) in [4.78, 5) is 19.3. The molecule has 25 heavy (non-hydrogen) atoms. The van der Waals surface area contributed by atoms with Crippen LogP contribution in [-0.2, 0) is 11.2 Å². The number of nitrogens with zero attached hydrogens (tertiary/aromatic N) is 1. The van der Waals surface area contributed by atoms with E-state index in [1.54, 1.807) is 30.7 Å². The quantitative estimate of drug-likeness (QED) is 0.694. The van der Waals surface area contributed by atoms with E-state index in [9.17, 15) is 9.18 Å².